The van der Waals surface area contributed by atoms with Gasteiger partial charge in [-0.15, -0.1) is 11.8 Å². The Bertz CT molecular complexity index is 964. The van der Waals surface area contributed by atoms with E-state index in [1.54, 1.807) is 11.8 Å². The standard InChI is InChI=1S/C21H17BrN2O2S/c1-13-19(22)10-14(26-13)11-23-24-20(25)12-27-21-17-8-4-2-6-15(17)16-7-3-5-9-18(16)21/h2-11,21H,12H2,1H3,(H,24,25)/b23-11+. The molecule has 4 rings (SSSR count). The maximum Gasteiger partial charge on any atom is 0.250 e. The van der Waals surface area contributed by atoms with E-state index in [-0.39, 0.29) is 11.2 Å². The van der Waals surface area contributed by atoms with E-state index in [0.717, 1.165) is 10.2 Å². The second-order valence-corrected chi connectivity index (χ2v) is 8.16. The molecule has 1 aliphatic rings. The summed E-state index contributed by atoms with van der Waals surface area (Å²) < 4.78 is 6.34. The van der Waals surface area contributed by atoms with Crippen LogP contribution >= 0.6 is 27.7 Å². The SMILES string of the molecule is Cc1oc(/C=N/NC(=O)CSC2c3ccccc3-c3ccccc32)cc1Br. The molecule has 1 aromatic heterocycles. The number of rotatable bonds is 5. The Hall–Kier alpha value is -2.31. The van der Waals surface area contributed by atoms with Gasteiger partial charge < -0.3 is 4.42 Å². The number of thioether (sulfide) groups is 1. The molecule has 0 saturated heterocycles. The molecule has 0 unspecified atom stereocenters. The first-order valence-electron chi connectivity index (χ1n) is 8.51. The van der Waals surface area contributed by atoms with Gasteiger partial charge in [-0.2, -0.15) is 5.10 Å². The van der Waals surface area contributed by atoms with Gasteiger partial charge in [-0.25, -0.2) is 5.43 Å². The number of carbonyl (C=O) groups excluding carboxylic acids is 1. The summed E-state index contributed by atoms with van der Waals surface area (Å²) in [6.07, 6.45) is 1.50. The lowest BCUT2D eigenvalue weighted by Crippen LogP contribution is -2.20. The van der Waals surface area contributed by atoms with Crippen molar-refractivity contribution in [2.45, 2.75) is 12.2 Å². The average molecular weight is 441 g/mol. The summed E-state index contributed by atoms with van der Waals surface area (Å²) >= 11 is 4.99. The Labute approximate surface area is 170 Å². The highest BCUT2D eigenvalue weighted by Gasteiger charge is 2.28. The molecule has 0 radical (unpaired) electrons. The Balaban J connectivity index is 1.40. The van der Waals surface area contributed by atoms with Crippen LogP contribution in [0.15, 0.2) is 68.6 Å². The minimum absolute atomic E-state index is 0.138. The second-order valence-electron chi connectivity index (χ2n) is 6.21. The number of hydrogen-bond acceptors (Lipinski definition) is 4. The number of nitrogens with zero attached hydrogens (tertiary/aromatic N) is 1. The molecule has 27 heavy (non-hydrogen) atoms. The number of halogens is 1. The second kappa shape index (κ2) is 7.74. The number of hydrazone groups is 1. The summed E-state index contributed by atoms with van der Waals surface area (Å²) in [5, 5.41) is 4.14. The van der Waals surface area contributed by atoms with E-state index >= 15 is 0 Å². The number of carbonyl (C=O) groups is 1. The number of furan rings is 1. The zero-order valence-corrected chi connectivity index (χ0v) is 17.0. The van der Waals surface area contributed by atoms with E-state index in [1.807, 2.05) is 25.1 Å². The number of fused-ring (bicyclic) bond motifs is 3. The predicted molar refractivity (Wildman–Crippen MR) is 113 cm³/mol. The van der Waals surface area contributed by atoms with Crippen molar-refractivity contribution in [1.29, 1.82) is 0 Å². The molecule has 0 aliphatic heterocycles. The Kier molecular flexibility index (Phi) is 5.18. The van der Waals surface area contributed by atoms with Crippen molar-refractivity contribution in [3.05, 3.63) is 81.7 Å². The van der Waals surface area contributed by atoms with Crippen molar-refractivity contribution in [2.75, 3.05) is 5.75 Å². The first-order valence-corrected chi connectivity index (χ1v) is 10.4. The van der Waals surface area contributed by atoms with E-state index < -0.39 is 0 Å². The lowest BCUT2D eigenvalue weighted by molar-refractivity contribution is -0.118. The highest BCUT2D eigenvalue weighted by molar-refractivity contribution is 9.10. The third-order valence-electron chi connectivity index (χ3n) is 4.42. The molecule has 4 nitrogen and oxygen atoms in total. The molecular formula is C21H17BrN2O2S. The minimum atomic E-state index is -0.138. The van der Waals surface area contributed by atoms with Crippen LogP contribution in [0.5, 0.6) is 0 Å². The van der Waals surface area contributed by atoms with Crippen molar-refractivity contribution >= 4 is 39.8 Å². The summed E-state index contributed by atoms with van der Waals surface area (Å²) in [5.41, 5.74) is 7.59. The summed E-state index contributed by atoms with van der Waals surface area (Å²) in [4.78, 5) is 12.2. The van der Waals surface area contributed by atoms with Crippen molar-refractivity contribution in [3.63, 3.8) is 0 Å². The van der Waals surface area contributed by atoms with Gasteiger partial charge in [0, 0.05) is 6.07 Å². The monoisotopic (exact) mass is 440 g/mol. The van der Waals surface area contributed by atoms with E-state index in [4.69, 9.17) is 4.42 Å². The van der Waals surface area contributed by atoms with Crippen molar-refractivity contribution in [2.24, 2.45) is 5.10 Å². The first kappa shape index (κ1) is 18.1. The van der Waals surface area contributed by atoms with Gasteiger partial charge in [-0.05, 0) is 45.1 Å². The van der Waals surface area contributed by atoms with Crippen LogP contribution in [0, 0.1) is 6.92 Å². The molecule has 6 heteroatoms. The number of aryl methyl sites for hydroxylation is 1. The summed E-state index contributed by atoms with van der Waals surface area (Å²) in [6.45, 7) is 1.86. The molecule has 2 aromatic carbocycles. The van der Waals surface area contributed by atoms with E-state index in [0.29, 0.717) is 11.5 Å². The van der Waals surface area contributed by atoms with Gasteiger partial charge in [0.25, 0.3) is 0 Å². The van der Waals surface area contributed by atoms with Crippen LogP contribution in [0.25, 0.3) is 11.1 Å². The number of benzene rings is 2. The van der Waals surface area contributed by atoms with Gasteiger partial charge in [0.05, 0.1) is 21.7 Å². The molecule has 0 atom stereocenters. The maximum atomic E-state index is 12.2. The quantitative estimate of drug-likeness (QED) is 0.432. The summed E-state index contributed by atoms with van der Waals surface area (Å²) in [7, 11) is 0. The van der Waals surface area contributed by atoms with Crippen molar-refractivity contribution in [1.82, 2.24) is 5.43 Å². The number of hydrogen-bond donors (Lipinski definition) is 1. The molecule has 1 heterocycles. The molecule has 0 spiro atoms. The molecule has 1 amide bonds. The van der Waals surface area contributed by atoms with Crippen molar-refractivity contribution in [3.8, 4) is 11.1 Å². The largest absolute Gasteiger partial charge is 0.459 e. The Morgan fingerprint density at radius 3 is 2.41 bits per heavy atom. The molecule has 0 bridgehead atoms. The predicted octanol–water partition coefficient (Wildman–Crippen LogP) is 5.30. The fourth-order valence-electron chi connectivity index (χ4n) is 3.19. The van der Waals surface area contributed by atoms with Gasteiger partial charge in [-0.3, -0.25) is 4.79 Å². The first-order chi connectivity index (χ1) is 13.1. The van der Waals surface area contributed by atoms with Crippen molar-refractivity contribution < 1.29 is 9.21 Å². The molecule has 0 saturated carbocycles. The fourth-order valence-corrected chi connectivity index (χ4v) is 4.65. The lowest BCUT2D eigenvalue weighted by atomic mass is 10.1. The summed E-state index contributed by atoms with van der Waals surface area (Å²) in [6, 6.07) is 18.6. The van der Waals surface area contributed by atoms with E-state index in [2.05, 4.69) is 62.9 Å². The van der Waals surface area contributed by atoms with Gasteiger partial charge >= 0.3 is 0 Å². The molecule has 3 aromatic rings. The molecule has 1 N–H and O–H groups in total. The molecular weight excluding hydrogens is 424 g/mol. The van der Waals surface area contributed by atoms with Crippen LogP contribution < -0.4 is 5.43 Å². The van der Waals surface area contributed by atoms with Gasteiger partial charge in [0.1, 0.15) is 11.5 Å². The van der Waals surface area contributed by atoms with Crippen LogP contribution in [0.2, 0.25) is 0 Å². The van der Waals surface area contributed by atoms with Crippen LogP contribution in [-0.2, 0) is 4.79 Å². The number of amides is 1. The zero-order chi connectivity index (χ0) is 18.8. The highest BCUT2D eigenvalue weighted by atomic mass is 79.9. The van der Waals surface area contributed by atoms with E-state index in [9.17, 15) is 4.79 Å². The molecule has 1 aliphatic carbocycles. The Morgan fingerprint density at radius 2 is 1.81 bits per heavy atom. The third kappa shape index (κ3) is 3.73. The zero-order valence-electron chi connectivity index (χ0n) is 14.6. The van der Waals surface area contributed by atoms with Gasteiger partial charge in [0.2, 0.25) is 5.91 Å². The topological polar surface area (TPSA) is 54.6 Å². The average Bonchev–Trinajstić information content (AvgIpc) is 3.17. The summed E-state index contributed by atoms with van der Waals surface area (Å²) in [5.74, 6) is 1.55. The minimum Gasteiger partial charge on any atom is -0.459 e. The third-order valence-corrected chi connectivity index (χ3v) is 6.47. The molecule has 136 valence electrons. The smallest absolute Gasteiger partial charge is 0.250 e. The van der Waals surface area contributed by atoms with Crippen LogP contribution in [0.1, 0.15) is 27.9 Å². The maximum absolute atomic E-state index is 12.2. The van der Waals surface area contributed by atoms with Crippen LogP contribution in [0.4, 0.5) is 0 Å². The molecule has 0 fully saturated rings. The number of nitrogens with one attached hydrogen (secondary N) is 1. The Morgan fingerprint density at radius 1 is 1.19 bits per heavy atom. The highest BCUT2D eigenvalue weighted by Crippen LogP contribution is 2.49. The van der Waals surface area contributed by atoms with Crippen LogP contribution in [0.3, 0.4) is 0 Å². The lowest BCUT2D eigenvalue weighted by Gasteiger charge is -2.12. The van der Waals surface area contributed by atoms with Crippen LogP contribution in [-0.4, -0.2) is 17.9 Å². The van der Waals surface area contributed by atoms with Gasteiger partial charge in [0.15, 0.2) is 0 Å². The van der Waals surface area contributed by atoms with E-state index in [1.165, 1.54) is 28.5 Å². The normalized spacial score (nSPS) is 13.0. The van der Waals surface area contributed by atoms with Gasteiger partial charge in [-0.1, -0.05) is 48.5 Å². The fraction of sp³-hybridized carbons (Fsp3) is 0.143.